The van der Waals surface area contributed by atoms with Crippen LogP contribution in [-0.4, -0.2) is 22.6 Å². The summed E-state index contributed by atoms with van der Waals surface area (Å²) >= 11 is 0. The number of anilines is 1. The van der Waals surface area contributed by atoms with Gasteiger partial charge in [0.15, 0.2) is 0 Å². The lowest BCUT2D eigenvalue weighted by Gasteiger charge is -2.11. The predicted molar refractivity (Wildman–Crippen MR) is 112 cm³/mol. The van der Waals surface area contributed by atoms with Gasteiger partial charge < -0.3 is 14.6 Å². The Kier molecular flexibility index (Phi) is 4.81. The van der Waals surface area contributed by atoms with E-state index < -0.39 is 0 Å². The number of nitrogens with one attached hydrogen (secondary N) is 1. The average molecular weight is 371 g/mol. The molecule has 1 N–H and O–H groups in total. The topological polar surface area (TPSA) is 56.2 Å². The first-order valence-electron chi connectivity index (χ1n) is 9.10. The van der Waals surface area contributed by atoms with Crippen LogP contribution in [0.3, 0.4) is 0 Å². The number of hydrogen-bond acceptors (Lipinski definition) is 3. The van der Waals surface area contributed by atoms with Crippen molar-refractivity contribution in [1.82, 2.24) is 9.55 Å². The molecule has 0 fully saturated rings. The van der Waals surface area contributed by atoms with E-state index in [2.05, 4.69) is 5.32 Å². The number of benzene rings is 3. The van der Waals surface area contributed by atoms with Crippen molar-refractivity contribution >= 4 is 22.6 Å². The average Bonchev–Trinajstić information content (AvgIpc) is 3.08. The fourth-order valence-electron chi connectivity index (χ4n) is 3.18. The molecule has 1 aromatic heterocycles. The minimum Gasteiger partial charge on any atom is -0.497 e. The Morgan fingerprint density at radius 3 is 2.43 bits per heavy atom. The molecular formula is C23H21N3O2. The van der Waals surface area contributed by atoms with Gasteiger partial charge in [0.05, 0.1) is 18.1 Å². The van der Waals surface area contributed by atoms with E-state index in [1.54, 1.807) is 7.11 Å². The lowest BCUT2D eigenvalue weighted by Crippen LogP contribution is -2.19. The largest absolute Gasteiger partial charge is 0.497 e. The van der Waals surface area contributed by atoms with Crippen LogP contribution in [0.1, 0.15) is 5.56 Å². The maximum atomic E-state index is 12.7. The molecule has 0 unspecified atom stereocenters. The van der Waals surface area contributed by atoms with E-state index in [-0.39, 0.29) is 12.5 Å². The number of methoxy groups -OCH3 is 1. The number of fused-ring (bicyclic) bond motifs is 1. The van der Waals surface area contributed by atoms with Gasteiger partial charge in [-0.3, -0.25) is 4.79 Å². The van der Waals surface area contributed by atoms with Crippen molar-refractivity contribution in [2.45, 2.75) is 13.5 Å². The molecule has 0 bridgehead atoms. The molecule has 0 radical (unpaired) electrons. The molecule has 1 amide bonds. The van der Waals surface area contributed by atoms with Crippen molar-refractivity contribution in [1.29, 1.82) is 0 Å². The summed E-state index contributed by atoms with van der Waals surface area (Å²) in [6.07, 6.45) is 0. The molecule has 0 saturated carbocycles. The minimum absolute atomic E-state index is 0.0956. The zero-order valence-corrected chi connectivity index (χ0v) is 15.8. The van der Waals surface area contributed by atoms with Crippen LogP contribution in [0.25, 0.3) is 22.4 Å². The molecule has 3 aromatic carbocycles. The van der Waals surface area contributed by atoms with Crippen LogP contribution >= 0.6 is 0 Å². The number of aryl methyl sites for hydroxylation is 1. The van der Waals surface area contributed by atoms with Crippen LogP contribution < -0.4 is 10.1 Å². The van der Waals surface area contributed by atoms with Crippen molar-refractivity contribution in [2.24, 2.45) is 0 Å². The number of imidazole rings is 1. The normalized spacial score (nSPS) is 10.8. The van der Waals surface area contributed by atoms with Crippen LogP contribution in [0.15, 0.2) is 72.8 Å². The standard InChI is InChI=1S/C23H21N3O2/c1-16-7-11-18(12-8-16)24-22(27)15-26-21-6-4-3-5-20(21)25-23(26)17-9-13-19(28-2)14-10-17/h3-14H,15H2,1-2H3,(H,24,27). The summed E-state index contributed by atoms with van der Waals surface area (Å²) in [6, 6.07) is 23.3. The van der Waals surface area contributed by atoms with Crippen molar-refractivity contribution in [3.05, 3.63) is 78.4 Å². The van der Waals surface area contributed by atoms with Crippen LogP contribution in [0.2, 0.25) is 0 Å². The van der Waals surface area contributed by atoms with Gasteiger partial charge in [-0.15, -0.1) is 0 Å². The number of rotatable bonds is 5. The van der Waals surface area contributed by atoms with Gasteiger partial charge in [-0.2, -0.15) is 0 Å². The Labute approximate surface area is 163 Å². The molecule has 1 heterocycles. The van der Waals surface area contributed by atoms with E-state index >= 15 is 0 Å². The first-order valence-corrected chi connectivity index (χ1v) is 9.10. The monoisotopic (exact) mass is 371 g/mol. The van der Waals surface area contributed by atoms with Crippen molar-refractivity contribution < 1.29 is 9.53 Å². The summed E-state index contributed by atoms with van der Waals surface area (Å²) in [5.41, 5.74) is 4.65. The van der Waals surface area contributed by atoms with Crippen LogP contribution in [-0.2, 0) is 11.3 Å². The Bertz CT molecular complexity index is 1110. The lowest BCUT2D eigenvalue weighted by molar-refractivity contribution is -0.116. The van der Waals surface area contributed by atoms with Gasteiger partial charge in [-0.05, 0) is 55.5 Å². The molecule has 4 aromatic rings. The number of ether oxygens (including phenoxy) is 1. The third kappa shape index (κ3) is 3.60. The summed E-state index contributed by atoms with van der Waals surface area (Å²) < 4.78 is 7.19. The van der Waals surface area contributed by atoms with E-state index in [4.69, 9.17) is 9.72 Å². The van der Waals surface area contributed by atoms with Gasteiger partial charge >= 0.3 is 0 Å². The second-order valence-electron chi connectivity index (χ2n) is 6.65. The number of nitrogens with zero attached hydrogens (tertiary/aromatic N) is 2. The highest BCUT2D eigenvalue weighted by atomic mass is 16.5. The highest BCUT2D eigenvalue weighted by Gasteiger charge is 2.15. The first kappa shape index (κ1) is 17.8. The Morgan fingerprint density at radius 1 is 1.00 bits per heavy atom. The zero-order chi connectivity index (χ0) is 19.5. The van der Waals surface area contributed by atoms with Crippen molar-refractivity contribution in [3.8, 4) is 17.1 Å². The van der Waals surface area contributed by atoms with Gasteiger partial charge in [0.1, 0.15) is 18.1 Å². The van der Waals surface area contributed by atoms with Crippen LogP contribution in [0, 0.1) is 6.92 Å². The number of carbonyl (C=O) groups excluding carboxylic acids is 1. The lowest BCUT2D eigenvalue weighted by atomic mass is 10.2. The quantitative estimate of drug-likeness (QED) is 0.555. The van der Waals surface area contributed by atoms with Crippen molar-refractivity contribution in [3.63, 3.8) is 0 Å². The summed E-state index contributed by atoms with van der Waals surface area (Å²) in [6.45, 7) is 2.19. The van der Waals surface area contributed by atoms with E-state index in [9.17, 15) is 4.79 Å². The molecule has 0 aliphatic heterocycles. The SMILES string of the molecule is COc1ccc(-c2nc3ccccc3n2CC(=O)Nc2ccc(C)cc2)cc1. The highest BCUT2D eigenvalue weighted by molar-refractivity contribution is 5.92. The van der Waals surface area contributed by atoms with Gasteiger partial charge in [0.25, 0.3) is 0 Å². The van der Waals surface area contributed by atoms with Gasteiger partial charge in [0, 0.05) is 11.3 Å². The van der Waals surface area contributed by atoms with Gasteiger partial charge in [0.2, 0.25) is 5.91 Å². The molecule has 0 saturated heterocycles. The summed E-state index contributed by atoms with van der Waals surface area (Å²) in [5, 5.41) is 2.96. The summed E-state index contributed by atoms with van der Waals surface area (Å²) in [4.78, 5) is 17.5. The maximum Gasteiger partial charge on any atom is 0.244 e. The first-order chi connectivity index (χ1) is 13.6. The van der Waals surface area contributed by atoms with E-state index in [1.165, 1.54) is 0 Å². The third-order valence-electron chi connectivity index (χ3n) is 4.64. The molecule has 0 atom stereocenters. The fourth-order valence-corrected chi connectivity index (χ4v) is 3.18. The maximum absolute atomic E-state index is 12.7. The molecular weight excluding hydrogens is 350 g/mol. The number of para-hydroxylation sites is 2. The molecule has 28 heavy (non-hydrogen) atoms. The Hall–Kier alpha value is -3.60. The Balaban J connectivity index is 1.68. The van der Waals surface area contributed by atoms with E-state index in [1.807, 2.05) is 84.3 Å². The zero-order valence-electron chi connectivity index (χ0n) is 15.8. The molecule has 0 aliphatic carbocycles. The fraction of sp³-hybridized carbons (Fsp3) is 0.130. The number of carbonyl (C=O) groups is 1. The smallest absolute Gasteiger partial charge is 0.244 e. The number of aromatic nitrogens is 2. The second kappa shape index (κ2) is 7.56. The molecule has 5 heteroatoms. The predicted octanol–water partition coefficient (Wildman–Crippen LogP) is 4.66. The van der Waals surface area contributed by atoms with Crippen LogP contribution in [0.4, 0.5) is 5.69 Å². The molecule has 140 valence electrons. The van der Waals surface area contributed by atoms with Crippen LogP contribution in [0.5, 0.6) is 5.75 Å². The highest BCUT2D eigenvalue weighted by Crippen LogP contribution is 2.26. The van der Waals surface area contributed by atoms with Gasteiger partial charge in [-0.25, -0.2) is 4.98 Å². The molecule has 5 nitrogen and oxygen atoms in total. The Morgan fingerprint density at radius 2 is 1.71 bits per heavy atom. The second-order valence-corrected chi connectivity index (χ2v) is 6.65. The summed E-state index contributed by atoms with van der Waals surface area (Å²) in [7, 11) is 1.64. The van der Waals surface area contributed by atoms with E-state index in [0.717, 1.165) is 39.4 Å². The molecule has 0 spiro atoms. The number of hydrogen-bond donors (Lipinski definition) is 1. The summed E-state index contributed by atoms with van der Waals surface area (Å²) in [5.74, 6) is 1.44. The van der Waals surface area contributed by atoms with E-state index in [0.29, 0.717) is 0 Å². The molecule has 0 aliphatic rings. The van der Waals surface area contributed by atoms with Gasteiger partial charge in [-0.1, -0.05) is 29.8 Å². The third-order valence-corrected chi connectivity index (χ3v) is 4.64. The molecule has 4 rings (SSSR count). The van der Waals surface area contributed by atoms with Crippen molar-refractivity contribution in [2.75, 3.05) is 12.4 Å². The number of amides is 1. The minimum atomic E-state index is -0.0956.